The van der Waals surface area contributed by atoms with E-state index < -0.39 is 34.5 Å². The van der Waals surface area contributed by atoms with Crippen LogP contribution in [0.4, 0.5) is 0 Å². The molecule has 0 unspecified atom stereocenters. The van der Waals surface area contributed by atoms with E-state index in [4.69, 9.17) is 0 Å². The Hall–Kier alpha value is -7.08. The highest BCUT2D eigenvalue weighted by Gasteiger charge is 2.19. The van der Waals surface area contributed by atoms with Gasteiger partial charge >= 0.3 is 0 Å². The summed E-state index contributed by atoms with van der Waals surface area (Å²) in [5, 5.41) is 60.0. The maximum atomic E-state index is 10.8. The fourth-order valence-electron chi connectivity index (χ4n) is 5.11. The molecule has 0 saturated carbocycles. The molecule has 0 radical (unpaired) electrons. The van der Waals surface area contributed by atoms with E-state index in [0.717, 1.165) is 0 Å². The van der Waals surface area contributed by atoms with E-state index in [-0.39, 0.29) is 33.4 Å². The topological polar surface area (TPSA) is 224 Å². The van der Waals surface area contributed by atoms with Crippen LogP contribution in [0.1, 0.15) is 62.1 Å². The minimum Gasteiger partial charge on any atom is -0.504 e. The Bertz CT molecular complexity index is 1860. The van der Waals surface area contributed by atoms with Gasteiger partial charge in [-0.1, -0.05) is 72.8 Å². The van der Waals surface area contributed by atoms with Gasteiger partial charge in [0.25, 0.3) is 0 Å². The first-order chi connectivity index (χ1) is 23.1. The van der Waals surface area contributed by atoms with Crippen LogP contribution in [-0.4, -0.2) is 68.4 Å². The SMILES string of the molecule is O=Cc1c(O)c(O)c(C=O)c2ccccc12.O=Cc1c(O)c(O)c(C=O)c2ccccc12.O=Cc1c(O)c(O)c(C=O)c2ccccc12. The highest BCUT2D eigenvalue weighted by molar-refractivity contribution is 6.12. The van der Waals surface area contributed by atoms with Crippen molar-refractivity contribution in [3.8, 4) is 34.5 Å². The fourth-order valence-corrected chi connectivity index (χ4v) is 5.11. The Balaban J connectivity index is 0.000000163. The Labute approximate surface area is 270 Å². The molecule has 6 rings (SSSR count). The molecule has 0 aliphatic carbocycles. The summed E-state index contributed by atoms with van der Waals surface area (Å²) in [5.41, 5.74) is -0.0906. The van der Waals surface area contributed by atoms with Crippen molar-refractivity contribution in [2.24, 2.45) is 0 Å². The van der Waals surface area contributed by atoms with Gasteiger partial charge in [0, 0.05) is 0 Å². The predicted molar refractivity (Wildman–Crippen MR) is 174 cm³/mol. The highest BCUT2D eigenvalue weighted by atomic mass is 16.3. The van der Waals surface area contributed by atoms with Gasteiger partial charge in [0.2, 0.25) is 0 Å². The van der Waals surface area contributed by atoms with Crippen LogP contribution < -0.4 is 0 Å². The zero-order chi connectivity index (χ0) is 35.1. The molecule has 0 spiro atoms. The van der Waals surface area contributed by atoms with Crippen molar-refractivity contribution >= 4 is 70.0 Å². The first-order valence-corrected chi connectivity index (χ1v) is 13.7. The molecule has 0 bridgehead atoms. The molecule has 0 heterocycles. The molecular formula is C36H24O12. The van der Waals surface area contributed by atoms with Crippen molar-refractivity contribution in [3.05, 3.63) is 106 Å². The molecule has 12 nitrogen and oxygen atoms in total. The number of carbonyl (C=O) groups is 6. The normalized spacial score (nSPS) is 10.2. The number of fused-ring (bicyclic) bond motifs is 3. The molecule has 0 amide bonds. The molecule has 6 N–H and O–H groups in total. The maximum Gasteiger partial charge on any atom is 0.169 e. The summed E-state index contributed by atoms with van der Waals surface area (Å²) in [6.45, 7) is 0. The third kappa shape index (κ3) is 5.84. The zero-order valence-corrected chi connectivity index (χ0v) is 24.5. The molecular weight excluding hydrogens is 624 g/mol. The van der Waals surface area contributed by atoms with Gasteiger partial charge in [0.05, 0.1) is 33.4 Å². The second kappa shape index (κ2) is 14.3. The molecule has 0 aliphatic rings. The van der Waals surface area contributed by atoms with Crippen LogP contribution in [0, 0.1) is 0 Å². The van der Waals surface area contributed by atoms with E-state index in [1.165, 1.54) is 0 Å². The number of hydrogen-bond acceptors (Lipinski definition) is 12. The molecule has 0 aliphatic heterocycles. The Morgan fingerprint density at radius 2 is 0.396 bits per heavy atom. The Morgan fingerprint density at radius 1 is 0.271 bits per heavy atom. The molecule has 0 aromatic heterocycles. The average molecular weight is 649 g/mol. The number of phenolic OH excluding ortho intramolecular Hbond substituents is 6. The van der Waals surface area contributed by atoms with Crippen LogP contribution >= 0.6 is 0 Å². The number of phenols is 6. The first-order valence-electron chi connectivity index (χ1n) is 13.7. The minimum absolute atomic E-state index is 0.0151. The average Bonchev–Trinajstić information content (AvgIpc) is 3.11. The van der Waals surface area contributed by atoms with Gasteiger partial charge < -0.3 is 30.6 Å². The van der Waals surface area contributed by atoms with Crippen molar-refractivity contribution in [2.75, 3.05) is 0 Å². The molecule has 0 saturated heterocycles. The van der Waals surface area contributed by atoms with E-state index >= 15 is 0 Å². The number of aromatic hydroxyl groups is 6. The summed E-state index contributed by atoms with van der Waals surface area (Å²) < 4.78 is 0. The largest absolute Gasteiger partial charge is 0.504 e. The lowest BCUT2D eigenvalue weighted by Gasteiger charge is -2.08. The summed E-state index contributed by atoms with van der Waals surface area (Å²) in [6.07, 6.45) is 2.70. The van der Waals surface area contributed by atoms with Crippen LogP contribution in [0.3, 0.4) is 0 Å². The number of aldehydes is 6. The summed E-state index contributed by atoms with van der Waals surface area (Å²) in [7, 11) is 0. The third-order valence-electron chi connectivity index (χ3n) is 7.43. The zero-order valence-electron chi connectivity index (χ0n) is 24.5. The molecule has 48 heavy (non-hydrogen) atoms. The Kier molecular flexibility index (Phi) is 10.1. The summed E-state index contributed by atoms with van der Waals surface area (Å²) in [5.74, 6) is -3.36. The standard InChI is InChI=1S/3C12H8O4/c3*13-5-9-7-3-1-2-4-8(7)10(6-14)12(16)11(9)15/h3*1-6,15-16H. The van der Waals surface area contributed by atoms with Crippen LogP contribution in [0.2, 0.25) is 0 Å². The van der Waals surface area contributed by atoms with Crippen LogP contribution in [0.25, 0.3) is 32.3 Å². The summed E-state index contributed by atoms with van der Waals surface area (Å²) >= 11 is 0. The van der Waals surface area contributed by atoms with E-state index in [1.54, 1.807) is 72.8 Å². The van der Waals surface area contributed by atoms with Crippen LogP contribution in [-0.2, 0) is 0 Å². The molecule has 240 valence electrons. The fraction of sp³-hybridized carbons (Fsp3) is 0. The predicted octanol–water partition coefficient (Wildman–Crippen LogP) is 5.63. The summed E-state index contributed by atoms with van der Waals surface area (Å²) in [6, 6.07) is 19.7. The van der Waals surface area contributed by atoms with E-state index in [2.05, 4.69) is 0 Å². The van der Waals surface area contributed by atoms with E-state index in [0.29, 0.717) is 70.0 Å². The van der Waals surface area contributed by atoms with Crippen molar-refractivity contribution < 1.29 is 59.4 Å². The minimum atomic E-state index is -0.559. The molecule has 0 atom stereocenters. The second-order valence-electron chi connectivity index (χ2n) is 9.92. The van der Waals surface area contributed by atoms with Crippen molar-refractivity contribution in [1.29, 1.82) is 0 Å². The maximum absolute atomic E-state index is 10.8. The first kappa shape index (κ1) is 33.8. The van der Waals surface area contributed by atoms with Crippen molar-refractivity contribution in [3.63, 3.8) is 0 Å². The van der Waals surface area contributed by atoms with Crippen molar-refractivity contribution in [2.45, 2.75) is 0 Å². The number of rotatable bonds is 6. The third-order valence-corrected chi connectivity index (χ3v) is 7.43. The molecule has 6 aromatic carbocycles. The van der Waals surface area contributed by atoms with E-state index in [1.807, 2.05) is 0 Å². The van der Waals surface area contributed by atoms with Gasteiger partial charge in [0.1, 0.15) is 0 Å². The number of hydrogen-bond donors (Lipinski definition) is 6. The van der Waals surface area contributed by atoms with Gasteiger partial charge in [-0.15, -0.1) is 0 Å². The van der Waals surface area contributed by atoms with Crippen molar-refractivity contribution in [1.82, 2.24) is 0 Å². The lowest BCUT2D eigenvalue weighted by atomic mass is 9.98. The van der Waals surface area contributed by atoms with Gasteiger partial charge in [-0.05, 0) is 32.3 Å². The van der Waals surface area contributed by atoms with Gasteiger partial charge in [-0.2, -0.15) is 0 Å². The van der Waals surface area contributed by atoms with Gasteiger partial charge in [-0.3, -0.25) is 28.8 Å². The van der Waals surface area contributed by atoms with Gasteiger partial charge in [-0.25, -0.2) is 0 Å². The number of benzene rings is 6. The summed E-state index contributed by atoms with van der Waals surface area (Å²) in [4.78, 5) is 65.0. The van der Waals surface area contributed by atoms with Crippen LogP contribution in [0.5, 0.6) is 34.5 Å². The number of carbonyl (C=O) groups excluding carboxylic acids is 6. The molecule has 6 aromatic rings. The van der Waals surface area contributed by atoms with E-state index in [9.17, 15) is 59.4 Å². The van der Waals surface area contributed by atoms with Gasteiger partial charge in [0.15, 0.2) is 72.2 Å². The monoisotopic (exact) mass is 648 g/mol. The quantitative estimate of drug-likeness (QED) is 0.0955. The lowest BCUT2D eigenvalue weighted by molar-refractivity contribution is 0.111. The molecule has 0 fully saturated rings. The van der Waals surface area contributed by atoms with Crippen LogP contribution in [0.15, 0.2) is 72.8 Å². The highest BCUT2D eigenvalue weighted by Crippen LogP contribution is 2.40. The Morgan fingerprint density at radius 3 is 0.500 bits per heavy atom. The lowest BCUT2D eigenvalue weighted by Crippen LogP contribution is -1.92. The smallest absolute Gasteiger partial charge is 0.169 e. The molecule has 12 heteroatoms. The second-order valence-corrected chi connectivity index (χ2v) is 9.92.